The van der Waals surface area contributed by atoms with E-state index in [2.05, 4.69) is 0 Å². The quantitative estimate of drug-likeness (QED) is 0.678. The van der Waals surface area contributed by atoms with E-state index in [0.29, 0.717) is 11.8 Å². The molecule has 1 nitrogen and oxygen atoms in total. The van der Waals surface area contributed by atoms with Gasteiger partial charge in [0.05, 0.1) is 0 Å². The molecule has 0 bridgehead atoms. The molecule has 0 heterocycles. The van der Waals surface area contributed by atoms with Crippen LogP contribution in [0, 0.1) is 0 Å². The normalized spacial score (nSPS) is 9.33. The Hall–Kier alpha value is 0.830. The zero-order chi connectivity index (χ0) is 6.41. The van der Waals surface area contributed by atoms with Gasteiger partial charge in [-0.05, 0) is 12.8 Å². The fraction of sp³-hybridized carbons (Fsp3) is 1.00. The van der Waals surface area contributed by atoms with Crippen LogP contribution in [0.15, 0.2) is 0 Å². The van der Waals surface area contributed by atoms with Crippen molar-refractivity contribution in [3.63, 3.8) is 0 Å². The van der Waals surface area contributed by atoms with E-state index in [1.165, 1.54) is 0 Å². The van der Waals surface area contributed by atoms with Gasteiger partial charge in [-0.2, -0.15) is 0 Å². The van der Waals surface area contributed by atoms with Crippen LogP contribution in [0.3, 0.4) is 0 Å². The lowest BCUT2D eigenvalue weighted by Crippen LogP contribution is -2.20. The second kappa shape index (κ2) is 8.83. The van der Waals surface area contributed by atoms with Crippen LogP contribution >= 0.6 is 35.6 Å². The number of hydrogen-bond donors (Lipinski definition) is 1. The maximum absolute atomic E-state index is 5.53. The highest BCUT2D eigenvalue weighted by molar-refractivity contribution is 6.18. The lowest BCUT2D eigenvalue weighted by atomic mass is 10.2. The molecule has 0 rings (SSSR count). The third-order valence-electron chi connectivity index (χ3n) is 0.960. The van der Waals surface area contributed by atoms with Crippen LogP contribution in [-0.4, -0.2) is 17.8 Å². The largest absolute Gasteiger partial charge is 0.328 e. The fourth-order valence-electron chi connectivity index (χ4n) is 0.425. The van der Waals surface area contributed by atoms with Crippen molar-refractivity contribution in [2.24, 2.45) is 5.73 Å². The smallest absolute Gasteiger partial charge is 0.0238 e. The average molecular weight is 193 g/mol. The summed E-state index contributed by atoms with van der Waals surface area (Å²) in [6, 6.07) is 0.199. The predicted octanol–water partition coefficient (Wildman–Crippen LogP) is 1.99. The van der Waals surface area contributed by atoms with Gasteiger partial charge in [-0.1, -0.05) is 0 Å². The van der Waals surface area contributed by atoms with Crippen LogP contribution in [-0.2, 0) is 0 Å². The van der Waals surface area contributed by atoms with E-state index in [0.717, 1.165) is 12.8 Å². The summed E-state index contributed by atoms with van der Waals surface area (Å²) in [6.45, 7) is 0. The molecule has 0 aliphatic carbocycles. The van der Waals surface area contributed by atoms with Gasteiger partial charge in [-0.25, -0.2) is 0 Å². The van der Waals surface area contributed by atoms with Gasteiger partial charge in [-0.3, -0.25) is 0 Å². The van der Waals surface area contributed by atoms with Crippen molar-refractivity contribution in [2.75, 3.05) is 11.8 Å². The molecule has 0 saturated heterocycles. The van der Waals surface area contributed by atoms with Gasteiger partial charge in [0.2, 0.25) is 0 Å². The Balaban J connectivity index is 0. The van der Waals surface area contributed by atoms with Crippen LogP contribution in [0.1, 0.15) is 12.8 Å². The molecule has 0 amide bonds. The minimum Gasteiger partial charge on any atom is -0.328 e. The van der Waals surface area contributed by atoms with Gasteiger partial charge in [0.25, 0.3) is 0 Å². The van der Waals surface area contributed by atoms with Crippen molar-refractivity contribution in [3.8, 4) is 0 Å². The molecule has 0 aliphatic rings. The standard InChI is InChI=1S/C5H11Cl2N.ClH/c6-3-1-5(8)2-4-7;/h5H,1-4,8H2;1H. The fourth-order valence-corrected chi connectivity index (χ4v) is 0.985. The Kier molecular flexibility index (Phi) is 12.3. The Morgan fingerprint density at radius 3 is 1.67 bits per heavy atom. The first-order valence-electron chi connectivity index (χ1n) is 2.68. The zero-order valence-electron chi connectivity index (χ0n) is 5.15. The molecule has 0 aliphatic heterocycles. The van der Waals surface area contributed by atoms with Crippen LogP contribution in [0.5, 0.6) is 0 Å². The lowest BCUT2D eigenvalue weighted by Gasteiger charge is -2.04. The average Bonchev–Trinajstić information content (AvgIpc) is 1.68. The third-order valence-corrected chi connectivity index (χ3v) is 1.40. The van der Waals surface area contributed by atoms with E-state index in [4.69, 9.17) is 28.9 Å². The van der Waals surface area contributed by atoms with Crippen molar-refractivity contribution in [1.29, 1.82) is 0 Å². The summed E-state index contributed by atoms with van der Waals surface area (Å²) in [5, 5.41) is 0. The van der Waals surface area contributed by atoms with E-state index < -0.39 is 0 Å². The molecule has 0 saturated carbocycles. The van der Waals surface area contributed by atoms with Gasteiger partial charge in [0.15, 0.2) is 0 Å². The molecule has 0 spiro atoms. The van der Waals surface area contributed by atoms with Crippen LogP contribution in [0.2, 0.25) is 0 Å². The second-order valence-corrected chi connectivity index (χ2v) is 2.47. The number of rotatable bonds is 4. The molecule has 4 heteroatoms. The maximum atomic E-state index is 5.53. The molecular weight excluding hydrogens is 180 g/mol. The summed E-state index contributed by atoms with van der Waals surface area (Å²) < 4.78 is 0. The minimum atomic E-state index is 0. The maximum Gasteiger partial charge on any atom is 0.0238 e. The van der Waals surface area contributed by atoms with Crippen molar-refractivity contribution in [3.05, 3.63) is 0 Å². The Morgan fingerprint density at radius 1 is 1.11 bits per heavy atom. The number of nitrogens with two attached hydrogens (primary N) is 1. The molecule has 0 aromatic carbocycles. The summed E-state index contributed by atoms with van der Waals surface area (Å²) >= 11 is 10.8. The van der Waals surface area contributed by atoms with Gasteiger partial charge in [-0.15, -0.1) is 35.6 Å². The summed E-state index contributed by atoms with van der Waals surface area (Å²) in [5.41, 5.74) is 5.53. The van der Waals surface area contributed by atoms with E-state index >= 15 is 0 Å². The molecule has 9 heavy (non-hydrogen) atoms. The molecule has 0 unspecified atom stereocenters. The molecule has 58 valence electrons. The molecular formula is C5H12Cl3N. The topological polar surface area (TPSA) is 26.0 Å². The highest BCUT2D eigenvalue weighted by Crippen LogP contribution is 1.97. The van der Waals surface area contributed by atoms with E-state index in [1.54, 1.807) is 0 Å². The lowest BCUT2D eigenvalue weighted by molar-refractivity contribution is 0.636. The van der Waals surface area contributed by atoms with E-state index in [-0.39, 0.29) is 18.4 Å². The highest BCUT2D eigenvalue weighted by Gasteiger charge is 1.97. The predicted molar refractivity (Wildman–Crippen MR) is 45.9 cm³/mol. The van der Waals surface area contributed by atoms with Gasteiger partial charge in [0.1, 0.15) is 0 Å². The van der Waals surface area contributed by atoms with Gasteiger partial charge >= 0.3 is 0 Å². The number of hydrogen-bond acceptors (Lipinski definition) is 1. The third kappa shape index (κ3) is 8.83. The van der Waals surface area contributed by atoms with E-state index in [9.17, 15) is 0 Å². The summed E-state index contributed by atoms with van der Waals surface area (Å²) in [5.74, 6) is 1.27. The minimum absolute atomic E-state index is 0. The summed E-state index contributed by atoms with van der Waals surface area (Å²) in [7, 11) is 0. The molecule has 0 atom stereocenters. The molecule has 0 radical (unpaired) electrons. The molecule has 2 N–H and O–H groups in total. The van der Waals surface area contributed by atoms with E-state index in [1.807, 2.05) is 0 Å². The monoisotopic (exact) mass is 191 g/mol. The number of halogens is 3. The first kappa shape index (κ1) is 12.5. The van der Waals surface area contributed by atoms with Gasteiger partial charge < -0.3 is 5.73 Å². The summed E-state index contributed by atoms with van der Waals surface area (Å²) in [6.07, 6.45) is 1.74. The van der Waals surface area contributed by atoms with Crippen LogP contribution in [0.25, 0.3) is 0 Å². The van der Waals surface area contributed by atoms with Crippen LogP contribution < -0.4 is 5.73 Å². The SMILES string of the molecule is Cl.NC(CCCl)CCCl. The Labute approximate surface area is 72.3 Å². The highest BCUT2D eigenvalue weighted by atomic mass is 35.5. The zero-order valence-corrected chi connectivity index (χ0v) is 7.48. The van der Waals surface area contributed by atoms with Crippen molar-refractivity contribution >= 4 is 35.6 Å². The Bertz CT molecular complexity index is 45.5. The number of alkyl halides is 2. The van der Waals surface area contributed by atoms with Crippen molar-refractivity contribution in [2.45, 2.75) is 18.9 Å². The van der Waals surface area contributed by atoms with Crippen LogP contribution in [0.4, 0.5) is 0 Å². The first-order valence-corrected chi connectivity index (χ1v) is 3.75. The molecule has 0 aromatic heterocycles. The first-order chi connectivity index (χ1) is 3.81. The molecule has 0 aromatic rings. The Morgan fingerprint density at radius 2 is 1.44 bits per heavy atom. The second-order valence-electron chi connectivity index (χ2n) is 1.72. The molecule has 0 fully saturated rings. The van der Waals surface area contributed by atoms with Gasteiger partial charge in [0, 0.05) is 17.8 Å². The van der Waals surface area contributed by atoms with Crippen molar-refractivity contribution in [1.82, 2.24) is 0 Å². The summed E-state index contributed by atoms with van der Waals surface area (Å²) in [4.78, 5) is 0. The van der Waals surface area contributed by atoms with Crippen molar-refractivity contribution < 1.29 is 0 Å².